The van der Waals surface area contributed by atoms with E-state index in [1.54, 1.807) is 12.1 Å². The minimum atomic E-state index is -1.29. The average molecular weight is 214 g/mol. The highest BCUT2D eigenvalue weighted by molar-refractivity contribution is 5.97. The van der Waals surface area contributed by atoms with Crippen LogP contribution in [0.1, 0.15) is 20.7 Å². The lowest BCUT2D eigenvalue weighted by molar-refractivity contribution is -0.256. The third kappa shape index (κ3) is 1.72. The van der Waals surface area contributed by atoms with Crippen molar-refractivity contribution in [3.8, 4) is 0 Å². The molecule has 4 heteroatoms. The van der Waals surface area contributed by atoms with Crippen molar-refractivity contribution in [3.63, 3.8) is 0 Å². The van der Waals surface area contributed by atoms with E-state index < -0.39 is 11.9 Å². The van der Waals surface area contributed by atoms with Crippen LogP contribution in [0.2, 0.25) is 0 Å². The van der Waals surface area contributed by atoms with Gasteiger partial charge in [0.25, 0.3) is 0 Å². The van der Waals surface area contributed by atoms with Gasteiger partial charge in [0.05, 0.1) is 11.9 Å². The van der Waals surface area contributed by atoms with E-state index in [0.29, 0.717) is 5.39 Å². The topological polar surface area (TPSA) is 80.3 Å². The zero-order valence-electron chi connectivity index (χ0n) is 8.10. The van der Waals surface area contributed by atoms with Crippen LogP contribution in [-0.4, -0.2) is 11.9 Å². The number of carbonyl (C=O) groups excluding carboxylic acids is 2. The lowest BCUT2D eigenvalue weighted by Gasteiger charge is -2.07. The molecule has 0 bridgehead atoms. The van der Waals surface area contributed by atoms with E-state index in [9.17, 15) is 19.8 Å². The van der Waals surface area contributed by atoms with Crippen molar-refractivity contribution in [2.75, 3.05) is 0 Å². The first-order valence-corrected chi connectivity index (χ1v) is 4.54. The highest BCUT2D eigenvalue weighted by Crippen LogP contribution is 2.17. The molecule has 0 aliphatic heterocycles. The second kappa shape index (κ2) is 3.66. The molecule has 2 aromatic rings. The number of rotatable bonds is 2. The summed E-state index contributed by atoms with van der Waals surface area (Å²) in [4.78, 5) is 21.2. The van der Waals surface area contributed by atoms with Gasteiger partial charge in [0, 0.05) is 0 Å². The highest BCUT2D eigenvalue weighted by Gasteiger charge is 1.99. The number of carbonyl (C=O) groups is 2. The first kappa shape index (κ1) is 10.2. The molecule has 0 atom stereocenters. The molecule has 0 spiro atoms. The van der Waals surface area contributed by atoms with Crippen LogP contribution in [0.5, 0.6) is 0 Å². The SMILES string of the molecule is O=C([O-])c1ccc2ccc(C(=O)[O-])cc2c1. The second-order valence-electron chi connectivity index (χ2n) is 3.35. The summed E-state index contributed by atoms with van der Waals surface area (Å²) in [5, 5.41) is 22.5. The molecule has 80 valence electrons. The Labute approximate surface area is 90.8 Å². The molecule has 16 heavy (non-hydrogen) atoms. The summed E-state index contributed by atoms with van der Waals surface area (Å²) in [6, 6.07) is 8.76. The fraction of sp³-hybridized carbons (Fsp3) is 0. The summed E-state index contributed by atoms with van der Waals surface area (Å²) in [6.07, 6.45) is 0. The van der Waals surface area contributed by atoms with E-state index in [2.05, 4.69) is 0 Å². The minimum Gasteiger partial charge on any atom is -0.545 e. The molecule has 0 fully saturated rings. The molecular weight excluding hydrogens is 208 g/mol. The van der Waals surface area contributed by atoms with E-state index in [0.717, 1.165) is 5.39 Å². The normalized spacial score (nSPS) is 10.2. The van der Waals surface area contributed by atoms with Crippen molar-refractivity contribution in [1.82, 2.24) is 0 Å². The molecule has 0 amide bonds. The second-order valence-corrected chi connectivity index (χ2v) is 3.35. The number of aromatic carboxylic acids is 2. The first-order chi connectivity index (χ1) is 7.58. The summed E-state index contributed by atoms with van der Waals surface area (Å²) in [5.41, 5.74) is 0.0333. The summed E-state index contributed by atoms with van der Waals surface area (Å²) in [6.45, 7) is 0. The lowest BCUT2D eigenvalue weighted by atomic mass is 10.0. The molecule has 0 heterocycles. The third-order valence-corrected chi connectivity index (χ3v) is 2.31. The van der Waals surface area contributed by atoms with Crippen molar-refractivity contribution in [1.29, 1.82) is 0 Å². The monoisotopic (exact) mass is 214 g/mol. The Bertz CT molecular complexity index is 538. The molecule has 0 saturated heterocycles. The smallest absolute Gasteiger partial charge is 0.0715 e. The van der Waals surface area contributed by atoms with Crippen LogP contribution in [-0.2, 0) is 0 Å². The largest absolute Gasteiger partial charge is 0.545 e. The lowest BCUT2D eigenvalue weighted by Crippen LogP contribution is -2.22. The van der Waals surface area contributed by atoms with E-state index in [4.69, 9.17) is 0 Å². The van der Waals surface area contributed by atoms with Crippen LogP contribution in [0.25, 0.3) is 10.8 Å². The number of fused-ring (bicyclic) bond motifs is 1. The molecular formula is C12H6O4-2. The van der Waals surface area contributed by atoms with Crippen molar-refractivity contribution >= 4 is 22.7 Å². The molecule has 0 aliphatic carbocycles. The van der Waals surface area contributed by atoms with Crippen LogP contribution in [0.15, 0.2) is 36.4 Å². The van der Waals surface area contributed by atoms with Gasteiger partial charge in [-0.15, -0.1) is 0 Å². The number of carboxylic acids is 2. The van der Waals surface area contributed by atoms with Gasteiger partial charge in [0.2, 0.25) is 0 Å². The Morgan fingerprint density at radius 2 is 1.19 bits per heavy atom. The Balaban J connectivity index is 2.65. The Morgan fingerprint density at radius 1 is 0.750 bits per heavy atom. The van der Waals surface area contributed by atoms with Crippen molar-refractivity contribution in [3.05, 3.63) is 47.5 Å². The van der Waals surface area contributed by atoms with Crippen molar-refractivity contribution in [2.45, 2.75) is 0 Å². The summed E-state index contributed by atoms with van der Waals surface area (Å²) in [7, 11) is 0. The number of hydrogen-bond acceptors (Lipinski definition) is 4. The van der Waals surface area contributed by atoms with Crippen LogP contribution in [0, 0.1) is 0 Å². The molecule has 0 aliphatic rings. The standard InChI is InChI=1S/C12H8O4/c13-11(14)8-3-1-7-2-4-9(12(15)16)6-10(7)5-8/h1-6H,(H,13,14)(H,15,16)/p-2. The van der Waals surface area contributed by atoms with Crippen molar-refractivity contribution < 1.29 is 19.8 Å². The predicted octanol–water partition coefficient (Wildman–Crippen LogP) is -0.433. The zero-order chi connectivity index (χ0) is 11.7. The molecule has 4 nitrogen and oxygen atoms in total. The maximum absolute atomic E-state index is 10.6. The van der Waals surface area contributed by atoms with Crippen LogP contribution < -0.4 is 10.2 Å². The van der Waals surface area contributed by atoms with Crippen LogP contribution in [0.3, 0.4) is 0 Å². The molecule has 0 N–H and O–H groups in total. The zero-order valence-corrected chi connectivity index (χ0v) is 8.10. The van der Waals surface area contributed by atoms with Gasteiger partial charge in [-0.25, -0.2) is 0 Å². The van der Waals surface area contributed by atoms with Crippen LogP contribution in [0.4, 0.5) is 0 Å². The van der Waals surface area contributed by atoms with Gasteiger partial charge in [-0.1, -0.05) is 24.3 Å². The van der Waals surface area contributed by atoms with Gasteiger partial charge in [0.15, 0.2) is 0 Å². The maximum Gasteiger partial charge on any atom is 0.0715 e. The molecule has 0 unspecified atom stereocenters. The minimum absolute atomic E-state index is 0.0167. The molecule has 2 rings (SSSR count). The molecule has 0 radical (unpaired) electrons. The first-order valence-electron chi connectivity index (χ1n) is 4.54. The number of benzene rings is 2. The summed E-state index contributed by atoms with van der Waals surface area (Å²) in [5.74, 6) is -2.58. The van der Waals surface area contributed by atoms with Gasteiger partial charge >= 0.3 is 0 Å². The van der Waals surface area contributed by atoms with Gasteiger partial charge < -0.3 is 19.8 Å². The van der Waals surface area contributed by atoms with Crippen LogP contribution >= 0.6 is 0 Å². The average Bonchev–Trinajstić information content (AvgIpc) is 2.27. The van der Waals surface area contributed by atoms with E-state index >= 15 is 0 Å². The number of hydrogen-bond donors (Lipinski definition) is 0. The van der Waals surface area contributed by atoms with Gasteiger partial charge in [0.1, 0.15) is 0 Å². The van der Waals surface area contributed by atoms with Gasteiger partial charge in [-0.2, -0.15) is 0 Å². The molecule has 2 aromatic carbocycles. The predicted molar refractivity (Wildman–Crippen MR) is 52.6 cm³/mol. The van der Waals surface area contributed by atoms with E-state index in [1.165, 1.54) is 24.3 Å². The van der Waals surface area contributed by atoms with E-state index in [1.807, 2.05) is 0 Å². The summed E-state index contributed by atoms with van der Waals surface area (Å²) < 4.78 is 0. The molecule has 0 aromatic heterocycles. The Kier molecular flexibility index (Phi) is 2.32. The Morgan fingerprint density at radius 3 is 1.56 bits per heavy atom. The maximum atomic E-state index is 10.6. The Hall–Kier alpha value is -2.36. The fourth-order valence-corrected chi connectivity index (χ4v) is 1.50. The van der Waals surface area contributed by atoms with Gasteiger partial charge in [-0.3, -0.25) is 0 Å². The quantitative estimate of drug-likeness (QED) is 0.679. The number of carboxylic acid groups (broad SMARTS) is 2. The highest BCUT2D eigenvalue weighted by atomic mass is 16.4. The fourth-order valence-electron chi connectivity index (χ4n) is 1.50. The summed E-state index contributed by atoms with van der Waals surface area (Å²) >= 11 is 0. The van der Waals surface area contributed by atoms with Crippen molar-refractivity contribution in [2.24, 2.45) is 0 Å². The molecule has 0 saturated carbocycles. The van der Waals surface area contributed by atoms with Gasteiger partial charge in [-0.05, 0) is 34.0 Å². The third-order valence-electron chi connectivity index (χ3n) is 2.31. The van der Waals surface area contributed by atoms with E-state index in [-0.39, 0.29) is 11.1 Å².